The van der Waals surface area contributed by atoms with Crippen LogP contribution in [0, 0.1) is 27.7 Å². The van der Waals surface area contributed by atoms with Gasteiger partial charge in [0.2, 0.25) is 0 Å². The molecular formula is C46H50N6O2. The molecule has 1 saturated heterocycles. The first-order valence-corrected chi connectivity index (χ1v) is 19.2. The summed E-state index contributed by atoms with van der Waals surface area (Å²) in [6.07, 6.45) is 1.78. The Kier molecular flexibility index (Phi) is 11.4. The first-order chi connectivity index (χ1) is 26.2. The van der Waals surface area contributed by atoms with E-state index in [4.69, 9.17) is 9.97 Å². The topological polar surface area (TPSA) is 90.5 Å². The zero-order valence-corrected chi connectivity index (χ0v) is 31.9. The van der Waals surface area contributed by atoms with E-state index in [0.717, 1.165) is 96.4 Å². The van der Waals surface area contributed by atoms with Gasteiger partial charge in [0.25, 0.3) is 11.8 Å². The Balaban J connectivity index is 0.856. The van der Waals surface area contributed by atoms with Crippen LogP contribution in [0.3, 0.4) is 0 Å². The Morgan fingerprint density at radius 3 is 1.35 bits per heavy atom. The monoisotopic (exact) mass is 718 g/mol. The number of nitrogens with one attached hydrogen (secondary N) is 2. The minimum atomic E-state index is -0.0606. The molecule has 8 nitrogen and oxygen atoms in total. The molecule has 2 amide bonds. The van der Waals surface area contributed by atoms with Crippen LogP contribution in [0.4, 0.5) is 0 Å². The van der Waals surface area contributed by atoms with Crippen molar-refractivity contribution in [1.29, 1.82) is 0 Å². The van der Waals surface area contributed by atoms with E-state index in [9.17, 15) is 9.59 Å². The third-order valence-corrected chi connectivity index (χ3v) is 10.9. The van der Waals surface area contributed by atoms with Gasteiger partial charge in [-0.05, 0) is 112 Å². The van der Waals surface area contributed by atoms with Crippen LogP contribution >= 0.6 is 0 Å². The lowest BCUT2D eigenvalue weighted by Gasteiger charge is -2.34. The Morgan fingerprint density at radius 1 is 0.537 bits per heavy atom. The second-order valence-corrected chi connectivity index (χ2v) is 14.6. The number of hydrogen-bond donors (Lipinski definition) is 2. The van der Waals surface area contributed by atoms with Gasteiger partial charge in [-0.25, -0.2) is 9.97 Å². The Bertz CT molecular complexity index is 2150. The third kappa shape index (κ3) is 8.51. The minimum absolute atomic E-state index is 0.0606. The molecule has 2 aromatic heterocycles. The molecule has 0 radical (unpaired) electrons. The minimum Gasteiger partial charge on any atom is -0.352 e. The maximum absolute atomic E-state index is 13.5. The Morgan fingerprint density at radius 2 is 0.944 bits per heavy atom. The summed E-state index contributed by atoms with van der Waals surface area (Å²) in [6.45, 7) is 15.5. The molecule has 1 aliphatic rings. The van der Waals surface area contributed by atoms with Crippen molar-refractivity contribution in [2.75, 3.05) is 52.4 Å². The second kappa shape index (κ2) is 16.7. The van der Waals surface area contributed by atoms with Crippen molar-refractivity contribution >= 4 is 33.6 Å². The highest BCUT2D eigenvalue weighted by molar-refractivity contribution is 6.08. The van der Waals surface area contributed by atoms with Gasteiger partial charge in [0.1, 0.15) is 0 Å². The number of piperazine rings is 1. The van der Waals surface area contributed by atoms with Gasteiger partial charge < -0.3 is 20.4 Å². The van der Waals surface area contributed by atoms with E-state index in [2.05, 4.69) is 84.5 Å². The zero-order valence-electron chi connectivity index (χ0n) is 31.9. The fourth-order valence-corrected chi connectivity index (χ4v) is 7.26. The summed E-state index contributed by atoms with van der Waals surface area (Å²) in [6, 6.07) is 32.2. The number of benzene rings is 4. The first-order valence-electron chi connectivity index (χ1n) is 19.2. The molecule has 8 heteroatoms. The highest BCUT2D eigenvalue weighted by Crippen LogP contribution is 2.28. The fraction of sp³-hybridized carbons (Fsp3) is 0.304. The van der Waals surface area contributed by atoms with Crippen LogP contribution in [-0.2, 0) is 0 Å². The molecule has 0 aliphatic carbocycles. The van der Waals surface area contributed by atoms with Gasteiger partial charge in [0, 0.05) is 61.2 Å². The highest BCUT2D eigenvalue weighted by atomic mass is 16.2. The first kappa shape index (κ1) is 36.9. The van der Waals surface area contributed by atoms with Gasteiger partial charge >= 0.3 is 0 Å². The molecule has 6 aromatic rings. The van der Waals surface area contributed by atoms with E-state index < -0.39 is 0 Å². The van der Waals surface area contributed by atoms with Gasteiger partial charge in [0.05, 0.1) is 33.5 Å². The summed E-state index contributed by atoms with van der Waals surface area (Å²) in [5.41, 5.74) is 11.5. The van der Waals surface area contributed by atoms with Gasteiger partial charge in [-0.15, -0.1) is 0 Å². The molecule has 0 spiro atoms. The highest BCUT2D eigenvalue weighted by Gasteiger charge is 2.19. The van der Waals surface area contributed by atoms with E-state index >= 15 is 0 Å². The molecule has 7 rings (SSSR count). The number of aryl methyl sites for hydroxylation is 4. The van der Waals surface area contributed by atoms with Crippen molar-refractivity contribution < 1.29 is 9.59 Å². The molecule has 3 heterocycles. The molecule has 0 atom stereocenters. The lowest BCUT2D eigenvalue weighted by atomic mass is 10.0. The number of amides is 2. The van der Waals surface area contributed by atoms with Gasteiger partial charge in [-0.1, -0.05) is 60.7 Å². The largest absolute Gasteiger partial charge is 0.352 e. The van der Waals surface area contributed by atoms with Crippen LogP contribution in [-0.4, -0.2) is 83.9 Å². The van der Waals surface area contributed by atoms with Crippen LogP contribution in [0.15, 0.2) is 97.1 Å². The average Bonchev–Trinajstić information content (AvgIpc) is 3.19. The number of rotatable bonds is 12. The summed E-state index contributed by atoms with van der Waals surface area (Å²) in [4.78, 5) is 41.7. The Hall–Kier alpha value is -5.44. The summed E-state index contributed by atoms with van der Waals surface area (Å²) < 4.78 is 0. The quantitative estimate of drug-likeness (QED) is 0.125. The molecule has 2 N–H and O–H groups in total. The van der Waals surface area contributed by atoms with Crippen molar-refractivity contribution in [3.63, 3.8) is 0 Å². The van der Waals surface area contributed by atoms with Crippen molar-refractivity contribution in [1.82, 2.24) is 30.4 Å². The summed E-state index contributed by atoms with van der Waals surface area (Å²) >= 11 is 0. The third-order valence-electron chi connectivity index (χ3n) is 10.9. The molecule has 0 bridgehead atoms. The van der Waals surface area contributed by atoms with Crippen LogP contribution in [0.25, 0.3) is 44.3 Å². The Labute approximate surface area is 318 Å². The predicted octanol–water partition coefficient (Wildman–Crippen LogP) is 7.91. The van der Waals surface area contributed by atoms with Crippen molar-refractivity contribution in [2.45, 2.75) is 40.5 Å². The smallest absolute Gasteiger partial charge is 0.252 e. The number of carbonyl (C=O) groups excluding carboxylic acids is 2. The molecule has 0 saturated carbocycles. The molecule has 54 heavy (non-hydrogen) atoms. The molecule has 1 aliphatic heterocycles. The number of fused-ring (bicyclic) bond motifs is 2. The van der Waals surface area contributed by atoms with E-state index in [1.807, 2.05) is 60.7 Å². The number of aromatic nitrogens is 2. The van der Waals surface area contributed by atoms with Gasteiger partial charge in [0.15, 0.2) is 0 Å². The summed E-state index contributed by atoms with van der Waals surface area (Å²) in [5, 5.41) is 8.09. The normalized spacial score (nSPS) is 13.7. The number of pyridine rings is 2. The number of nitrogens with zero attached hydrogens (tertiary/aromatic N) is 4. The van der Waals surface area contributed by atoms with E-state index in [1.165, 1.54) is 22.3 Å². The molecular weight excluding hydrogens is 669 g/mol. The van der Waals surface area contributed by atoms with Crippen LogP contribution in [0.1, 0.15) is 55.8 Å². The van der Waals surface area contributed by atoms with Crippen LogP contribution in [0.5, 0.6) is 0 Å². The second-order valence-electron chi connectivity index (χ2n) is 14.6. The summed E-state index contributed by atoms with van der Waals surface area (Å²) in [5.74, 6) is -0.121. The van der Waals surface area contributed by atoms with Crippen molar-refractivity contribution in [2.24, 2.45) is 0 Å². The number of hydrogen-bond acceptors (Lipinski definition) is 6. The lowest BCUT2D eigenvalue weighted by Crippen LogP contribution is -2.47. The van der Waals surface area contributed by atoms with Crippen LogP contribution < -0.4 is 10.6 Å². The number of carbonyl (C=O) groups is 2. The van der Waals surface area contributed by atoms with E-state index in [0.29, 0.717) is 24.2 Å². The molecule has 276 valence electrons. The molecule has 1 fully saturated rings. The molecule has 0 unspecified atom stereocenters. The maximum Gasteiger partial charge on any atom is 0.252 e. The van der Waals surface area contributed by atoms with Crippen molar-refractivity contribution in [3.8, 4) is 22.5 Å². The number of para-hydroxylation sites is 2. The molecule has 4 aromatic carbocycles. The van der Waals surface area contributed by atoms with Gasteiger partial charge in [-0.3, -0.25) is 9.59 Å². The average molecular weight is 719 g/mol. The standard InChI is InChI=1S/C46H50N6O2/c1-31-15-17-35(27-33(31)3)43-29-39(37-11-5-7-13-41(37)49-43)45(53)47-19-9-21-51-23-25-52(26-24-51)22-10-20-48-46(54)40-30-44(36-18-16-32(2)34(4)28-36)50-42-14-8-6-12-38(40)42/h5-8,11-18,27-30H,9-10,19-26H2,1-4H3,(H,47,53)(H,48,54). The van der Waals surface area contributed by atoms with E-state index in [-0.39, 0.29) is 11.8 Å². The summed E-state index contributed by atoms with van der Waals surface area (Å²) in [7, 11) is 0. The SMILES string of the molecule is Cc1ccc(-c2cc(C(=O)NCCCN3CCN(CCCNC(=O)c4cc(-c5ccc(C)c(C)c5)nc5ccccc45)CC3)c3ccccc3n2)cc1C. The maximum atomic E-state index is 13.5. The van der Waals surface area contributed by atoms with Gasteiger partial charge in [-0.2, -0.15) is 0 Å². The van der Waals surface area contributed by atoms with Crippen molar-refractivity contribution in [3.05, 3.63) is 130 Å². The fourth-order valence-electron chi connectivity index (χ4n) is 7.26. The lowest BCUT2D eigenvalue weighted by molar-refractivity contribution is 0.0936. The van der Waals surface area contributed by atoms with Crippen LogP contribution in [0.2, 0.25) is 0 Å². The predicted molar refractivity (Wildman–Crippen MR) is 220 cm³/mol. The van der Waals surface area contributed by atoms with E-state index in [1.54, 1.807) is 0 Å². The zero-order chi connectivity index (χ0) is 37.6.